The fourth-order valence-corrected chi connectivity index (χ4v) is 2.40. The SMILES string of the molecule is O=C(OCc1ccccc1)c1cccc(C(=O)Oc2cc(=O)[nH]cc2Cl)c1. The fraction of sp³-hybridized carbons (Fsp3) is 0.0500. The lowest BCUT2D eigenvalue weighted by atomic mass is 10.1. The molecule has 1 aromatic heterocycles. The van der Waals surface area contributed by atoms with Crippen molar-refractivity contribution >= 4 is 23.5 Å². The van der Waals surface area contributed by atoms with Crippen molar-refractivity contribution in [1.29, 1.82) is 0 Å². The van der Waals surface area contributed by atoms with Crippen molar-refractivity contribution in [1.82, 2.24) is 4.98 Å². The van der Waals surface area contributed by atoms with Crippen LogP contribution in [-0.4, -0.2) is 16.9 Å². The molecule has 3 aromatic rings. The molecule has 6 nitrogen and oxygen atoms in total. The second kappa shape index (κ2) is 8.33. The molecular formula is C20H14ClNO5. The average molecular weight is 384 g/mol. The van der Waals surface area contributed by atoms with E-state index >= 15 is 0 Å². The van der Waals surface area contributed by atoms with Gasteiger partial charge in [-0.1, -0.05) is 48.0 Å². The van der Waals surface area contributed by atoms with Crippen LogP contribution in [0.25, 0.3) is 0 Å². The number of rotatable bonds is 5. The first kappa shape index (κ1) is 18.4. The van der Waals surface area contributed by atoms with Crippen LogP contribution in [0.2, 0.25) is 5.02 Å². The van der Waals surface area contributed by atoms with Crippen molar-refractivity contribution in [2.24, 2.45) is 0 Å². The number of aromatic amines is 1. The summed E-state index contributed by atoms with van der Waals surface area (Å²) in [6.07, 6.45) is 1.23. The largest absolute Gasteiger partial charge is 0.457 e. The quantitative estimate of drug-likeness (QED) is 0.680. The highest BCUT2D eigenvalue weighted by molar-refractivity contribution is 6.32. The van der Waals surface area contributed by atoms with Crippen LogP contribution < -0.4 is 10.3 Å². The predicted molar refractivity (Wildman–Crippen MR) is 99.0 cm³/mol. The molecule has 0 aliphatic rings. The zero-order chi connectivity index (χ0) is 19.2. The lowest BCUT2D eigenvalue weighted by molar-refractivity contribution is 0.0472. The molecule has 27 heavy (non-hydrogen) atoms. The van der Waals surface area contributed by atoms with Gasteiger partial charge in [0, 0.05) is 12.3 Å². The van der Waals surface area contributed by atoms with Gasteiger partial charge in [-0.15, -0.1) is 0 Å². The number of carbonyl (C=O) groups excluding carboxylic acids is 2. The van der Waals surface area contributed by atoms with Gasteiger partial charge in [0.1, 0.15) is 6.61 Å². The summed E-state index contributed by atoms with van der Waals surface area (Å²) in [6.45, 7) is 0.122. The van der Waals surface area contributed by atoms with E-state index in [4.69, 9.17) is 21.1 Å². The Kier molecular flexibility index (Phi) is 5.68. The Morgan fingerprint density at radius 1 is 0.926 bits per heavy atom. The molecule has 7 heteroatoms. The number of pyridine rings is 1. The molecule has 136 valence electrons. The molecule has 0 aliphatic carbocycles. The highest BCUT2D eigenvalue weighted by Crippen LogP contribution is 2.22. The molecule has 0 aliphatic heterocycles. The van der Waals surface area contributed by atoms with Crippen LogP contribution in [0.1, 0.15) is 26.3 Å². The number of nitrogens with one attached hydrogen (secondary N) is 1. The Labute approximate surface area is 159 Å². The Morgan fingerprint density at radius 2 is 1.63 bits per heavy atom. The zero-order valence-electron chi connectivity index (χ0n) is 14.0. The molecule has 0 unspecified atom stereocenters. The van der Waals surface area contributed by atoms with E-state index in [1.54, 1.807) is 0 Å². The molecule has 0 atom stereocenters. The smallest absolute Gasteiger partial charge is 0.343 e. The third-order valence-electron chi connectivity index (χ3n) is 3.59. The van der Waals surface area contributed by atoms with Crippen molar-refractivity contribution < 1.29 is 19.1 Å². The van der Waals surface area contributed by atoms with Gasteiger partial charge in [0.15, 0.2) is 5.75 Å². The molecule has 0 spiro atoms. The van der Waals surface area contributed by atoms with Gasteiger partial charge in [0.05, 0.1) is 16.1 Å². The molecule has 0 bridgehead atoms. The minimum Gasteiger partial charge on any atom is -0.457 e. The van der Waals surface area contributed by atoms with E-state index in [2.05, 4.69) is 4.98 Å². The van der Waals surface area contributed by atoms with Crippen molar-refractivity contribution in [2.75, 3.05) is 0 Å². The van der Waals surface area contributed by atoms with E-state index in [-0.39, 0.29) is 28.5 Å². The molecule has 0 saturated heterocycles. The number of benzene rings is 2. The number of carbonyl (C=O) groups is 2. The first-order valence-electron chi connectivity index (χ1n) is 7.94. The van der Waals surface area contributed by atoms with Gasteiger partial charge < -0.3 is 14.5 Å². The van der Waals surface area contributed by atoms with Crippen LogP contribution >= 0.6 is 11.6 Å². The van der Waals surface area contributed by atoms with Crippen LogP contribution in [0.3, 0.4) is 0 Å². The van der Waals surface area contributed by atoms with Crippen LogP contribution in [-0.2, 0) is 11.3 Å². The van der Waals surface area contributed by atoms with E-state index in [0.717, 1.165) is 11.6 Å². The van der Waals surface area contributed by atoms with Gasteiger partial charge in [0.2, 0.25) is 0 Å². The Hall–Kier alpha value is -3.38. The number of aromatic nitrogens is 1. The lowest BCUT2D eigenvalue weighted by Crippen LogP contribution is -2.13. The van der Waals surface area contributed by atoms with Crippen LogP contribution in [0, 0.1) is 0 Å². The molecule has 1 heterocycles. The minimum atomic E-state index is -0.750. The molecule has 2 aromatic carbocycles. The third kappa shape index (κ3) is 4.83. The van der Waals surface area contributed by atoms with Gasteiger partial charge in [-0.25, -0.2) is 9.59 Å². The molecule has 3 rings (SSSR count). The lowest BCUT2D eigenvalue weighted by Gasteiger charge is -2.08. The van der Waals surface area contributed by atoms with Gasteiger partial charge in [-0.3, -0.25) is 4.79 Å². The van der Waals surface area contributed by atoms with Crippen molar-refractivity contribution in [3.63, 3.8) is 0 Å². The number of ether oxygens (including phenoxy) is 2. The Morgan fingerprint density at radius 3 is 2.37 bits per heavy atom. The monoisotopic (exact) mass is 383 g/mol. The molecule has 1 N–H and O–H groups in total. The summed E-state index contributed by atoms with van der Waals surface area (Å²) in [6, 6.07) is 16.2. The number of hydrogen-bond acceptors (Lipinski definition) is 5. The average Bonchev–Trinajstić information content (AvgIpc) is 2.69. The topological polar surface area (TPSA) is 85.5 Å². The molecule has 0 amide bonds. The first-order chi connectivity index (χ1) is 13.0. The summed E-state index contributed by atoms with van der Waals surface area (Å²) >= 11 is 5.89. The van der Waals surface area contributed by atoms with E-state index in [9.17, 15) is 14.4 Å². The third-order valence-corrected chi connectivity index (χ3v) is 3.88. The molecule has 0 radical (unpaired) electrons. The van der Waals surface area contributed by atoms with E-state index in [0.29, 0.717) is 0 Å². The maximum Gasteiger partial charge on any atom is 0.343 e. The first-order valence-corrected chi connectivity index (χ1v) is 8.32. The van der Waals surface area contributed by atoms with Gasteiger partial charge >= 0.3 is 11.9 Å². The number of H-pyrrole nitrogens is 1. The summed E-state index contributed by atoms with van der Waals surface area (Å²) in [5, 5.41) is 0.0846. The van der Waals surface area contributed by atoms with Crippen molar-refractivity contribution in [2.45, 2.75) is 6.61 Å². The second-order valence-corrected chi connectivity index (χ2v) is 5.95. The minimum absolute atomic E-state index is 0.0672. The number of esters is 2. The number of halogens is 1. The summed E-state index contributed by atoms with van der Waals surface area (Å²) in [5.74, 6) is -1.38. The highest BCUT2D eigenvalue weighted by Gasteiger charge is 2.15. The van der Waals surface area contributed by atoms with Gasteiger partial charge in [-0.2, -0.15) is 0 Å². The van der Waals surface area contributed by atoms with Gasteiger partial charge in [-0.05, 0) is 23.8 Å². The van der Waals surface area contributed by atoms with Gasteiger partial charge in [0.25, 0.3) is 5.56 Å². The van der Waals surface area contributed by atoms with Crippen molar-refractivity contribution in [3.8, 4) is 5.75 Å². The van der Waals surface area contributed by atoms with Crippen LogP contribution in [0.5, 0.6) is 5.75 Å². The predicted octanol–water partition coefficient (Wildman–Crippen LogP) is 3.60. The Balaban J connectivity index is 1.70. The second-order valence-electron chi connectivity index (χ2n) is 5.54. The maximum atomic E-state index is 12.3. The van der Waals surface area contributed by atoms with Crippen molar-refractivity contribution in [3.05, 3.63) is 98.9 Å². The normalized spacial score (nSPS) is 10.3. The van der Waals surface area contributed by atoms with Crippen LogP contribution in [0.15, 0.2) is 71.7 Å². The summed E-state index contributed by atoms with van der Waals surface area (Å²) in [5.41, 5.74) is 0.726. The standard InChI is InChI=1S/C20H14ClNO5/c21-16-11-22-18(23)10-17(16)27-20(25)15-8-4-7-14(9-15)19(24)26-12-13-5-2-1-3-6-13/h1-11H,12H2,(H,22,23). The van der Waals surface area contributed by atoms with E-state index in [1.165, 1.54) is 30.5 Å². The Bertz CT molecular complexity index is 1030. The maximum absolute atomic E-state index is 12.3. The summed E-state index contributed by atoms with van der Waals surface area (Å²) in [4.78, 5) is 38.2. The van der Waals surface area contributed by atoms with E-state index < -0.39 is 17.5 Å². The highest BCUT2D eigenvalue weighted by atomic mass is 35.5. The molecular weight excluding hydrogens is 370 g/mol. The van der Waals surface area contributed by atoms with Crippen LogP contribution in [0.4, 0.5) is 0 Å². The van der Waals surface area contributed by atoms with E-state index in [1.807, 2.05) is 30.3 Å². The molecule has 0 fully saturated rings. The fourth-order valence-electron chi connectivity index (χ4n) is 2.25. The zero-order valence-corrected chi connectivity index (χ0v) is 14.7. The molecule has 0 saturated carbocycles. The summed E-state index contributed by atoms with van der Waals surface area (Å²) in [7, 11) is 0. The summed E-state index contributed by atoms with van der Waals surface area (Å²) < 4.78 is 10.4. The number of hydrogen-bond donors (Lipinski definition) is 1.